The number of nitrogens with zero attached hydrogens (tertiary/aromatic N) is 2. The summed E-state index contributed by atoms with van der Waals surface area (Å²) in [5, 5.41) is 12.2. The van der Waals surface area contributed by atoms with Crippen LogP contribution in [0.25, 0.3) is 0 Å². The van der Waals surface area contributed by atoms with E-state index in [1.807, 2.05) is 18.2 Å². The summed E-state index contributed by atoms with van der Waals surface area (Å²) < 4.78 is 12.2. The summed E-state index contributed by atoms with van der Waals surface area (Å²) >= 11 is 0. The molecule has 2 rings (SSSR count). The Morgan fingerprint density at radius 2 is 1.84 bits per heavy atom. The largest absolute Gasteiger partial charge is 0.347 e. The number of carbonyl (C=O) groups excluding carboxylic acids is 3. The Kier molecular flexibility index (Phi) is 6.70. The van der Waals surface area contributed by atoms with Crippen molar-refractivity contribution in [1.29, 1.82) is 0 Å². The van der Waals surface area contributed by atoms with Crippen molar-refractivity contribution in [3.63, 3.8) is 0 Å². The van der Waals surface area contributed by atoms with Gasteiger partial charge in [-0.3, -0.25) is 14.4 Å². The van der Waals surface area contributed by atoms with E-state index in [9.17, 15) is 18.8 Å². The number of hydrogen-bond acceptors (Lipinski definition) is 5. The van der Waals surface area contributed by atoms with Gasteiger partial charge in [0.2, 0.25) is 5.91 Å². The zero-order chi connectivity index (χ0) is 18.1. The first-order chi connectivity index (χ1) is 12.1. The summed E-state index contributed by atoms with van der Waals surface area (Å²) in [6.45, 7) is -1.59. The number of rotatable bonds is 8. The summed E-state index contributed by atoms with van der Waals surface area (Å²) in [7, 11) is 0. The van der Waals surface area contributed by atoms with Gasteiger partial charge in [0, 0.05) is 12.6 Å². The summed E-state index contributed by atoms with van der Waals surface area (Å²) in [5.74, 6) is -1.89. The van der Waals surface area contributed by atoms with Crippen LogP contribution in [0.4, 0.5) is 4.39 Å². The average Bonchev–Trinajstić information content (AvgIpc) is 2.66. The number of benzene rings is 1. The molecule has 2 aromatic rings. The van der Waals surface area contributed by atoms with E-state index in [4.69, 9.17) is 0 Å². The summed E-state index contributed by atoms with van der Waals surface area (Å²) in [4.78, 5) is 35.6. The van der Waals surface area contributed by atoms with Gasteiger partial charge in [-0.05, 0) is 17.7 Å². The Morgan fingerprint density at radius 3 is 2.48 bits per heavy atom. The molecule has 0 unspecified atom stereocenters. The second kappa shape index (κ2) is 9.21. The first-order valence-corrected chi connectivity index (χ1v) is 7.58. The fourth-order valence-corrected chi connectivity index (χ4v) is 2.07. The van der Waals surface area contributed by atoms with Crippen LogP contribution in [0.1, 0.15) is 16.1 Å². The second-order valence-corrected chi connectivity index (χ2v) is 5.21. The molecule has 0 radical (unpaired) electrons. The molecule has 0 bridgehead atoms. The van der Waals surface area contributed by atoms with E-state index in [-0.39, 0.29) is 12.1 Å². The van der Waals surface area contributed by atoms with Gasteiger partial charge in [-0.1, -0.05) is 30.3 Å². The van der Waals surface area contributed by atoms with E-state index in [1.165, 1.54) is 12.3 Å². The summed E-state index contributed by atoms with van der Waals surface area (Å²) in [6.07, 6.45) is 1.63. The number of ketones is 1. The zero-order valence-electron chi connectivity index (χ0n) is 13.3. The Hall–Kier alpha value is -3.16. The van der Waals surface area contributed by atoms with Crippen LogP contribution in [0.15, 0.2) is 48.7 Å². The number of hydrogen-bond donors (Lipinski definition) is 2. The molecule has 0 aliphatic rings. The van der Waals surface area contributed by atoms with Gasteiger partial charge in [0.15, 0.2) is 11.5 Å². The number of amides is 2. The highest BCUT2D eigenvalue weighted by Gasteiger charge is 2.23. The van der Waals surface area contributed by atoms with Gasteiger partial charge in [0.05, 0.1) is 6.54 Å². The van der Waals surface area contributed by atoms with Crippen molar-refractivity contribution in [2.75, 3.05) is 13.2 Å². The Bertz CT molecular complexity index is 725. The van der Waals surface area contributed by atoms with Gasteiger partial charge in [-0.25, -0.2) is 4.39 Å². The lowest BCUT2D eigenvalue weighted by Crippen LogP contribution is -2.49. The quantitative estimate of drug-likeness (QED) is 0.725. The molecule has 2 N–H and O–H groups in total. The van der Waals surface area contributed by atoms with Crippen molar-refractivity contribution in [2.45, 2.75) is 12.5 Å². The third-order valence-corrected chi connectivity index (χ3v) is 3.32. The van der Waals surface area contributed by atoms with Gasteiger partial charge in [-0.15, -0.1) is 5.10 Å². The van der Waals surface area contributed by atoms with Gasteiger partial charge < -0.3 is 10.6 Å². The van der Waals surface area contributed by atoms with Crippen molar-refractivity contribution in [3.05, 3.63) is 59.9 Å². The maximum atomic E-state index is 12.3. The molecule has 7 nitrogen and oxygen atoms in total. The highest BCUT2D eigenvalue weighted by molar-refractivity contribution is 5.96. The summed E-state index contributed by atoms with van der Waals surface area (Å²) in [5.41, 5.74) is 0.882. The molecule has 0 spiro atoms. The highest BCUT2D eigenvalue weighted by Crippen LogP contribution is 2.04. The van der Waals surface area contributed by atoms with Crippen LogP contribution in [-0.2, 0) is 16.0 Å². The van der Waals surface area contributed by atoms with Crippen LogP contribution in [0.2, 0.25) is 0 Å². The molecule has 1 heterocycles. The molecular weight excluding hydrogens is 327 g/mol. The summed E-state index contributed by atoms with van der Waals surface area (Å²) in [6, 6.07) is 11.1. The number of alkyl halides is 1. The topological polar surface area (TPSA) is 101 Å². The molecule has 8 heteroatoms. The first kappa shape index (κ1) is 18.2. The fourth-order valence-electron chi connectivity index (χ4n) is 2.07. The molecule has 0 aliphatic carbocycles. The molecule has 1 aromatic heterocycles. The standard InChI is InChI=1S/C17H17FN4O3/c18-10-13(23)11-19-16(24)15(9-12-5-2-1-3-6-12)21-17(25)14-7-4-8-20-22-14/h1-8,15H,9-11H2,(H,19,24)(H,21,25)/t15-/m0/s1. The normalized spacial score (nSPS) is 11.4. The van der Waals surface area contributed by atoms with E-state index in [0.29, 0.717) is 0 Å². The van der Waals surface area contributed by atoms with Crippen molar-refractivity contribution in [3.8, 4) is 0 Å². The molecule has 25 heavy (non-hydrogen) atoms. The molecule has 0 saturated heterocycles. The maximum absolute atomic E-state index is 12.3. The van der Waals surface area contributed by atoms with Gasteiger partial charge in [-0.2, -0.15) is 5.10 Å². The Labute approximate surface area is 143 Å². The van der Waals surface area contributed by atoms with Crippen LogP contribution in [0, 0.1) is 0 Å². The predicted molar refractivity (Wildman–Crippen MR) is 87.4 cm³/mol. The van der Waals surface area contributed by atoms with E-state index in [1.54, 1.807) is 18.2 Å². The van der Waals surface area contributed by atoms with E-state index < -0.39 is 36.9 Å². The zero-order valence-corrected chi connectivity index (χ0v) is 13.3. The fraction of sp³-hybridized carbons (Fsp3) is 0.235. The van der Waals surface area contributed by atoms with Crippen LogP contribution in [0.5, 0.6) is 0 Å². The van der Waals surface area contributed by atoms with Crippen molar-refractivity contribution in [1.82, 2.24) is 20.8 Å². The second-order valence-electron chi connectivity index (χ2n) is 5.21. The molecule has 130 valence electrons. The number of halogens is 1. The van der Waals surface area contributed by atoms with Crippen molar-refractivity contribution in [2.24, 2.45) is 0 Å². The van der Waals surface area contributed by atoms with Crippen LogP contribution < -0.4 is 10.6 Å². The molecule has 0 saturated carbocycles. The van der Waals surface area contributed by atoms with Gasteiger partial charge in [0.1, 0.15) is 12.7 Å². The van der Waals surface area contributed by atoms with Gasteiger partial charge in [0.25, 0.3) is 5.91 Å². The lowest BCUT2D eigenvalue weighted by molar-refractivity contribution is -0.126. The smallest absolute Gasteiger partial charge is 0.272 e. The maximum Gasteiger partial charge on any atom is 0.272 e. The average molecular weight is 344 g/mol. The third kappa shape index (κ3) is 5.76. The third-order valence-electron chi connectivity index (χ3n) is 3.32. The number of aromatic nitrogens is 2. The molecule has 0 aliphatic heterocycles. The van der Waals surface area contributed by atoms with Crippen LogP contribution >= 0.6 is 0 Å². The SMILES string of the molecule is O=C(CF)CNC(=O)[C@H](Cc1ccccc1)NC(=O)c1cccnn1. The molecule has 2 amide bonds. The minimum absolute atomic E-state index is 0.0631. The van der Waals surface area contributed by atoms with E-state index in [2.05, 4.69) is 20.8 Å². The number of Topliss-reactive ketones (excluding diaryl/α,β-unsaturated/α-hetero) is 1. The Morgan fingerprint density at radius 1 is 1.08 bits per heavy atom. The van der Waals surface area contributed by atoms with E-state index >= 15 is 0 Å². The number of carbonyl (C=O) groups is 3. The molecule has 0 fully saturated rings. The predicted octanol–water partition coefficient (Wildman–Crippen LogP) is 0.472. The first-order valence-electron chi connectivity index (χ1n) is 7.58. The molecular formula is C17H17FN4O3. The van der Waals surface area contributed by atoms with Crippen molar-refractivity contribution < 1.29 is 18.8 Å². The monoisotopic (exact) mass is 344 g/mol. The lowest BCUT2D eigenvalue weighted by atomic mass is 10.0. The molecule has 1 aromatic carbocycles. The van der Waals surface area contributed by atoms with Gasteiger partial charge >= 0.3 is 0 Å². The van der Waals surface area contributed by atoms with Crippen LogP contribution in [0.3, 0.4) is 0 Å². The Balaban J connectivity index is 2.09. The lowest BCUT2D eigenvalue weighted by Gasteiger charge is -2.18. The minimum Gasteiger partial charge on any atom is -0.347 e. The molecule has 1 atom stereocenters. The minimum atomic E-state index is -1.16. The van der Waals surface area contributed by atoms with Crippen LogP contribution in [-0.4, -0.2) is 47.1 Å². The van der Waals surface area contributed by atoms with E-state index in [0.717, 1.165) is 5.56 Å². The highest BCUT2D eigenvalue weighted by atomic mass is 19.1. The van der Waals surface area contributed by atoms with Crippen molar-refractivity contribution >= 4 is 17.6 Å². The number of nitrogens with one attached hydrogen (secondary N) is 2.